The van der Waals surface area contributed by atoms with Gasteiger partial charge in [-0.2, -0.15) is 0 Å². The largest absolute Gasteiger partial charge is 1.00 e. The van der Waals surface area contributed by atoms with Crippen LogP contribution >= 0.6 is 11.6 Å². The Morgan fingerprint density at radius 2 is 1.93 bits per heavy atom. The van der Waals surface area contributed by atoms with Crippen molar-refractivity contribution in [1.82, 2.24) is 0 Å². The van der Waals surface area contributed by atoms with E-state index in [0.717, 1.165) is 12.1 Å². The van der Waals surface area contributed by atoms with E-state index in [1.165, 1.54) is 0 Å². The first-order valence-electron chi connectivity index (χ1n) is 3.27. The fraction of sp³-hybridized carbons (Fsp3) is 0.143. The molecule has 0 fully saturated rings. The Kier molecular flexibility index (Phi) is 4.90. The predicted molar refractivity (Wildman–Crippen MR) is 45.8 cm³/mol. The van der Waals surface area contributed by atoms with Crippen LogP contribution in [0, 0.1) is 6.92 Å². The molecule has 0 bridgehead atoms. The molecular weight excluding hydrogens is 239 g/mol. The van der Waals surface area contributed by atoms with Crippen LogP contribution < -0.4 is 29.6 Å². The van der Waals surface area contributed by atoms with Crippen LogP contribution in [-0.2, 0) is 10.1 Å². The van der Waals surface area contributed by atoms with Crippen molar-refractivity contribution in [2.24, 2.45) is 0 Å². The quantitative estimate of drug-likeness (QED) is 0.470. The van der Waals surface area contributed by atoms with Crippen LogP contribution in [0.2, 0.25) is 5.02 Å². The van der Waals surface area contributed by atoms with Gasteiger partial charge >= 0.3 is 29.6 Å². The number of halogens is 1. The monoisotopic (exact) mass is 244 g/mol. The molecule has 0 atom stereocenters. The Morgan fingerprint density at radius 1 is 1.43 bits per heavy atom. The van der Waals surface area contributed by atoms with E-state index in [9.17, 15) is 13.0 Å². The minimum atomic E-state index is -4.66. The summed E-state index contributed by atoms with van der Waals surface area (Å²) < 4.78 is 31.6. The summed E-state index contributed by atoms with van der Waals surface area (Å²) in [7, 11) is -4.66. The SMILES string of the molecule is Cc1cc(O)c(S(=O)(=O)[O-])cc1Cl.[Na+]. The number of phenols is 1. The third-order valence-corrected chi connectivity index (χ3v) is 2.78. The molecule has 4 nitrogen and oxygen atoms in total. The van der Waals surface area contributed by atoms with Gasteiger partial charge in [0.2, 0.25) is 0 Å². The van der Waals surface area contributed by atoms with E-state index in [-0.39, 0.29) is 34.6 Å². The molecule has 1 aromatic carbocycles. The van der Waals surface area contributed by atoms with Crippen molar-refractivity contribution in [2.75, 3.05) is 0 Å². The third kappa shape index (κ3) is 3.12. The first kappa shape index (κ1) is 14.2. The van der Waals surface area contributed by atoms with Crippen LogP contribution in [0.15, 0.2) is 17.0 Å². The van der Waals surface area contributed by atoms with Crippen molar-refractivity contribution in [3.8, 4) is 5.75 Å². The number of rotatable bonds is 1. The molecule has 0 aliphatic carbocycles. The van der Waals surface area contributed by atoms with Gasteiger partial charge in [0.05, 0.1) is 4.90 Å². The van der Waals surface area contributed by atoms with Crippen LogP contribution in [0.25, 0.3) is 0 Å². The number of hydrogen-bond acceptors (Lipinski definition) is 4. The topological polar surface area (TPSA) is 77.4 Å². The number of aromatic hydroxyl groups is 1. The van der Waals surface area contributed by atoms with Gasteiger partial charge in [0.25, 0.3) is 0 Å². The van der Waals surface area contributed by atoms with Crippen LogP contribution in [-0.4, -0.2) is 18.1 Å². The Morgan fingerprint density at radius 3 is 2.36 bits per heavy atom. The number of aryl methyl sites for hydroxylation is 1. The maximum Gasteiger partial charge on any atom is 1.00 e. The molecule has 1 N–H and O–H groups in total. The molecule has 1 rings (SSSR count). The van der Waals surface area contributed by atoms with E-state index in [4.69, 9.17) is 16.7 Å². The van der Waals surface area contributed by atoms with Crippen molar-refractivity contribution in [1.29, 1.82) is 0 Å². The fourth-order valence-corrected chi connectivity index (χ4v) is 1.65. The van der Waals surface area contributed by atoms with Crippen molar-refractivity contribution in [3.63, 3.8) is 0 Å². The van der Waals surface area contributed by atoms with E-state index in [2.05, 4.69) is 0 Å². The zero-order chi connectivity index (χ0) is 10.2. The Balaban J connectivity index is 0.00000169. The maximum absolute atomic E-state index is 10.5. The molecule has 0 aliphatic heterocycles. The maximum atomic E-state index is 10.5. The summed E-state index contributed by atoms with van der Waals surface area (Å²) in [5.41, 5.74) is 0.506. The molecule has 0 amide bonds. The van der Waals surface area contributed by atoms with Gasteiger partial charge in [-0.3, -0.25) is 0 Å². The normalized spacial score (nSPS) is 10.8. The molecule has 0 spiro atoms. The van der Waals surface area contributed by atoms with Crippen LogP contribution in [0.4, 0.5) is 0 Å². The molecule has 0 radical (unpaired) electrons. The fourth-order valence-electron chi connectivity index (χ4n) is 0.848. The van der Waals surface area contributed by atoms with Crippen molar-refractivity contribution in [3.05, 3.63) is 22.7 Å². The third-order valence-electron chi connectivity index (χ3n) is 1.51. The Bertz CT molecular complexity index is 443. The van der Waals surface area contributed by atoms with Gasteiger partial charge in [-0.1, -0.05) is 11.6 Å². The average Bonchev–Trinajstić information content (AvgIpc) is 1.94. The molecule has 72 valence electrons. The zero-order valence-electron chi connectivity index (χ0n) is 7.61. The minimum absolute atomic E-state index is 0. The van der Waals surface area contributed by atoms with Gasteiger partial charge < -0.3 is 9.66 Å². The molecule has 0 saturated heterocycles. The van der Waals surface area contributed by atoms with Crippen molar-refractivity contribution < 1.29 is 47.6 Å². The van der Waals surface area contributed by atoms with Gasteiger partial charge in [0.1, 0.15) is 15.9 Å². The second-order valence-corrected chi connectivity index (χ2v) is 4.28. The van der Waals surface area contributed by atoms with E-state index < -0.39 is 20.8 Å². The summed E-state index contributed by atoms with van der Waals surface area (Å²) in [5, 5.41) is 9.25. The molecular formula is C7H6ClNaO4S. The molecule has 0 unspecified atom stereocenters. The molecule has 0 aliphatic rings. The Labute approximate surface area is 109 Å². The first-order chi connectivity index (χ1) is 5.82. The van der Waals surface area contributed by atoms with E-state index in [0.29, 0.717) is 5.56 Å². The summed E-state index contributed by atoms with van der Waals surface area (Å²) in [6, 6.07) is 2.07. The number of benzene rings is 1. The van der Waals surface area contributed by atoms with Gasteiger partial charge in [-0.25, -0.2) is 8.42 Å². The van der Waals surface area contributed by atoms with E-state index in [1.807, 2.05) is 0 Å². The zero-order valence-corrected chi connectivity index (χ0v) is 11.2. The molecule has 7 heteroatoms. The van der Waals surface area contributed by atoms with Crippen LogP contribution in [0.3, 0.4) is 0 Å². The molecule has 1 aromatic rings. The average molecular weight is 245 g/mol. The molecule has 14 heavy (non-hydrogen) atoms. The summed E-state index contributed by atoms with van der Waals surface area (Å²) in [4.78, 5) is -0.692. The Hall–Kier alpha value is 0.220. The number of phenolic OH excluding ortho intramolecular Hbond substituents is 1. The smallest absolute Gasteiger partial charge is 0.744 e. The van der Waals surface area contributed by atoms with Crippen LogP contribution in [0.5, 0.6) is 5.75 Å². The molecule has 0 saturated carbocycles. The summed E-state index contributed by atoms with van der Waals surface area (Å²) in [5.74, 6) is -0.572. The predicted octanol–water partition coefficient (Wildman–Crippen LogP) is -1.74. The van der Waals surface area contributed by atoms with E-state index >= 15 is 0 Å². The second-order valence-electron chi connectivity index (χ2n) is 2.52. The summed E-state index contributed by atoms with van der Waals surface area (Å²) in [6.07, 6.45) is 0. The number of hydrogen-bond donors (Lipinski definition) is 1. The summed E-state index contributed by atoms with van der Waals surface area (Å²) >= 11 is 5.58. The van der Waals surface area contributed by atoms with Crippen molar-refractivity contribution >= 4 is 21.7 Å². The standard InChI is InChI=1S/C7H7ClO4S.Na/c1-4-2-6(9)7(3-5(4)8)13(10,11)12;/h2-3,9H,1H3,(H,10,11,12);/q;+1/p-1. The summed E-state index contributed by atoms with van der Waals surface area (Å²) in [6.45, 7) is 1.59. The van der Waals surface area contributed by atoms with Gasteiger partial charge in [0, 0.05) is 5.02 Å². The van der Waals surface area contributed by atoms with Gasteiger partial charge in [0.15, 0.2) is 0 Å². The first-order valence-corrected chi connectivity index (χ1v) is 5.06. The van der Waals surface area contributed by atoms with Gasteiger partial charge in [-0.15, -0.1) is 0 Å². The second kappa shape index (κ2) is 4.83. The van der Waals surface area contributed by atoms with Crippen molar-refractivity contribution in [2.45, 2.75) is 11.8 Å². The van der Waals surface area contributed by atoms with E-state index in [1.54, 1.807) is 6.92 Å². The molecule has 0 aromatic heterocycles. The van der Waals surface area contributed by atoms with Gasteiger partial charge in [-0.05, 0) is 24.6 Å². The molecule has 0 heterocycles. The van der Waals surface area contributed by atoms with Crippen LogP contribution in [0.1, 0.15) is 5.56 Å². The minimum Gasteiger partial charge on any atom is -0.744 e.